The molecule has 0 saturated carbocycles. The second-order valence-electron chi connectivity index (χ2n) is 4.11. The standard InChI is InChI=1S/C12H10Cl2N2O3S2/c13-10-5-9(11(14)20-10)12(17)16-6-7-1-3-8(4-2-7)21(15,18)19/h1-5H,6H2,(H,16,17)(H2,15,18,19). The maximum atomic E-state index is 11.9. The number of rotatable bonds is 4. The molecule has 1 aromatic heterocycles. The molecule has 21 heavy (non-hydrogen) atoms. The van der Waals surface area contributed by atoms with Gasteiger partial charge in [0.15, 0.2) is 0 Å². The van der Waals surface area contributed by atoms with E-state index in [0.717, 1.165) is 16.9 Å². The van der Waals surface area contributed by atoms with E-state index in [0.29, 0.717) is 14.2 Å². The highest BCUT2D eigenvalue weighted by atomic mass is 35.5. The van der Waals surface area contributed by atoms with Crippen LogP contribution in [0.4, 0.5) is 0 Å². The van der Waals surface area contributed by atoms with Gasteiger partial charge in [0.2, 0.25) is 10.0 Å². The zero-order valence-electron chi connectivity index (χ0n) is 10.5. The van der Waals surface area contributed by atoms with Crippen molar-refractivity contribution in [3.05, 3.63) is 50.1 Å². The van der Waals surface area contributed by atoms with Gasteiger partial charge in [-0.3, -0.25) is 4.79 Å². The Morgan fingerprint density at radius 1 is 1.24 bits per heavy atom. The molecule has 0 bridgehead atoms. The molecular weight excluding hydrogens is 355 g/mol. The van der Waals surface area contributed by atoms with Crippen molar-refractivity contribution in [2.75, 3.05) is 0 Å². The van der Waals surface area contributed by atoms with Gasteiger partial charge in [-0.05, 0) is 23.8 Å². The molecule has 112 valence electrons. The van der Waals surface area contributed by atoms with E-state index in [-0.39, 0.29) is 17.3 Å². The highest BCUT2D eigenvalue weighted by Crippen LogP contribution is 2.30. The van der Waals surface area contributed by atoms with Crippen LogP contribution in [0.15, 0.2) is 35.2 Å². The molecule has 1 aromatic carbocycles. The summed E-state index contributed by atoms with van der Waals surface area (Å²) in [5.41, 5.74) is 1.04. The Balaban J connectivity index is 2.03. The average molecular weight is 365 g/mol. The fourth-order valence-electron chi connectivity index (χ4n) is 1.57. The van der Waals surface area contributed by atoms with Gasteiger partial charge in [0, 0.05) is 6.54 Å². The van der Waals surface area contributed by atoms with Crippen LogP contribution >= 0.6 is 34.5 Å². The molecule has 0 unspecified atom stereocenters. The van der Waals surface area contributed by atoms with Crippen LogP contribution in [0.3, 0.4) is 0 Å². The summed E-state index contributed by atoms with van der Waals surface area (Å²) in [6, 6.07) is 7.40. The Kier molecular flexibility index (Phi) is 4.90. The lowest BCUT2D eigenvalue weighted by molar-refractivity contribution is 0.0951. The van der Waals surface area contributed by atoms with E-state index in [4.69, 9.17) is 28.3 Å². The van der Waals surface area contributed by atoms with Gasteiger partial charge in [0.05, 0.1) is 14.8 Å². The van der Waals surface area contributed by atoms with E-state index >= 15 is 0 Å². The molecule has 2 aromatic rings. The van der Waals surface area contributed by atoms with Gasteiger partial charge in [0.25, 0.3) is 5.91 Å². The quantitative estimate of drug-likeness (QED) is 0.873. The second kappa shape index (κ2) is 6.33. The molecule has 0 fully saturated rings. The molecular formula is C12H10Cl2N2O3S2. The Morgan fingerprint density at radius 3 is 2.33 bits per heavy atom. The summed E-state index contributed by atoms with van der Waals surface area (Å²) in [5.74, 6) is -0.348. The lowest BCUT2D eigenvalue weighted by atomic mass is 10.2. The maximum Gasteiger partial charge on any atom is 0.253 e. The molecule has 0 aliphatic heterocycles. The molecule has 2 rings (SSSR count). The summed E-state index contributed by atoms with van der Waals surface area (Å²) in [6.45, 7) is 0.230. The normalized spacial score (nSPS) is 11.4. The Labute approximate surface area is 135 Å². The van der Waals surface area contributed by atoms with Crippen LogP contribution in [0.1, 0.15) is 15.9 Å². The van der Waals surface area contributed by atoms with Gasteiger partial charge in [-0.1, -0.05) is 35.3 Å². The summed E-state index contributed by atoms with van der Waals surface area (Å²) in [4.78, 5) is 11.9. The molecule has 0 saturated heterocycles. The maximum absolute atomic E-state index is 11.9. The first-order valence-electron chi connectivity index (χ1n) is 5.62. The number of thiophene rings is 1. The van der Waals surface area contributed by atoms with E-state index in [1.807, 2.05) is 0 Å². The summed E-state index contributed by atoms with van der Waals surface area (Å²) in [7, 11) is -3.71. The number of halogens is 2. The highest BCUT2D eigenvalue weighted by molar-refractivity contribution is 7.89. The van der Waals surface area contributed by atoms with Crippen molar-refractivity contribution >= 4 is 50.5 Å². The molecule has 0 radical (unpaired) electrons. The molecule has 0 atom stereocenters. The van der Waals surface area contributed by atoms with Crippen molar-refractivity contribution in [2.45, 2.75) is 11.4 Å². The van der Waals surface area contributed by atoms with Crippen molar-refractivity contribution < 1.29 is 13.2 Å². The molecule has 0 aliphatic rings. The highest BCUT2D eigenvalue weighted by Gasteiger charge is 2.14. The Hall–Kier alpha value is -1.12. The average Bonchev–Trinajstić information content (AvgIpc) is 2.74. The number of nitrogens with one attached hydrogen (secondary N) is 1. The van der Waals surface area contributed by atoms with Crippen LogP contribution in [0.5, 0.6) is 0 Å². The fraction of sp³-hybridized carbons (Fsp3) is 0.0833. The minimum Gasteiger partial charge on any atom is -0.348 e. The first-order chi connectivity index (χ1) is 9.77. The number of carbonyl (C=O) groups excluding carboxylic acids is 1. The zero-order chi connectivity index (χ0) is 15.6. The van der Waals surface area contributed by atoms with Crippen LogP contribution in [0.25, 0.3) is 0 Å². The molecule has 3 N–H and O–H groups in total. The van der Waals surface area contributed by atoms with Crippen molar-refractivity contribution in [3.63, 3.8) is 0 Å². The molecule has 9 heteroatoms. The third-order valence-electron chi connectivity index (χ3n) is 2.61. The number of hydrogen-bond acceptors (Lipinski definition) is 4. The van der Waals surface area contributed by atoms with Crippen LogP contribution < -0.4 is 10.5 Å². The van der Waals surface area contributed by atoms with E-state index < -0.39 is 10.0 Å². The lowest BCUT2D eigenvalue weighted by Crippen LogP contribution is -2.22. The Morgan fingerprint density at radius 2 is 1.86 bits per heavy atom. The van der Waals surface area contributed by atoms with E-state index in [1.54, 1.807) is 12.1 Å². The van der Waals surface area contributed by atoms with Crippen LogP contribution in [-0.4, -0.2) is 14.3 Å². The van der Waals surface area contributed by atoms with Gasteiger partial charge in [0.1, 0.15) is 4.34 Å². The predicted octanol–water partition coefficient (Wildman–Crippen LogP) is 2.63. The first-order valence-corrected chi connectivity index (χ1v) is 8.74. The van der Waals surface area contributed by atoms with Gasteiger partial charge in [-0.15, -0.1) is 11.3 Å². The van der Waals surface area contributed by atoms with Crippen molar-refractivity contribution in [1.29, 1.82) is 0 Å². The molecule has 0 spiro atoms. The van der Waals surface area contributed by atoms with E-state index in [1.165, 1.54) is 18.2 Å². The van der Waals surface area contributed by atoms with Crippen molar-refractivity contribution in [2.24, 2.45) is 5.14 Å². The van der Waals surface area contributed by atoms with Gasteiger partial charge in [-0.2, -0.15) is 0 Å². The minimum absolute atomic E-state index is 0.0187. The molecule has 5 nitrogen and oxygen atoms in total. The van der Waals surface area contributed by atoms with Crippen LogP contribution in [-0.2, 0) is 16.6 Å². The van der Waals surface area contributed by atoms with Gasteiger partial charge < -0.3 is 5.32 Å². The number of nitrogens with two attached hydrogens (primary N) is 1. The van der Waals surface area contributed by atoms with Gasteiger partial charge in [-0.25, -0.2) is 13.6 Å². The minimum atomic E-state index is -3.71. The topological polar surface area (TPSA) is 89.3 Å². The third kappa shape index (κ3) is 4.18. The predicted molar refractivity (Wildman–Crippen MR) is 83.3 cm³/mol. The zero-order valence-corrected chi connectivity index (χ0v) is 13.6. The summed E-state index contributed by atoms with van der Waals surface area (Å²) in [5, 5.41) is 7.67. The second-order valence-corrected chi connectivity index (χ2v) is 7.96. The third-order valence-corrected chi connectivity index (χ3v) is 5.02. The summed E-state index contributed by atoms with van der Waals surface area (Å²) in [6.07, 6.45) is 0. The van der Waals surface area contributed by atoms with Crippen molar-refractivity contribution in [3.8, 4) is 0 Å². The molecule has 1 heterocycles. The van der Waals surface area contributed by atoms with Crippen LogP contribution in [0, 0.1) is 0 Å². The smallest absolute Gasteiger partial charge is 0.253 e. The number of benzene rings is 1. The number of carbonyl (C=O) groups is 1. The molecule has 0 aliphatic carbocycles. The fourth-order valence-corrected chi connectivity index (χ4v) is 3.54. The monoisotopic (exact) mass is 364 g/mol. The lowest BCUT2D eigenvalue weighted by Gasteiger charge is -2.05. The number of hydrogen-bond donors (Lipinski definition) is 2. The number of primary sulfonamides is 1. The summed E-state index contributed by atoms with van der Waals surface area (Å²) >= 11 is 12.8. The van der Waals surface area contributed by atoms with Gasteiger partial charge >= 0.3 is 0 Å². The van der Waals surface area contributed by atoms with Crippen LogP contribution in [0.2, 0.25) is 8.67 Å². The SMILES string of the molecule is NS(=O)(=O)c1ccc(CNC(=O)c2cc(Cl)sc2Cl)cc1. The number of sulfonamides is 1. The summed E-state index contributed by atoms with van der Waals surface area (Å²) < 4.78 is 23.0. The van der Waals surface area contributed by atoms with E-state index in [2.05, 4.69) is 5.32 Å². The van der Waals surface area contributed by atoms with E-state index in [9.17, 15) is 13.2 Å². The molecule has 1 amide bonds. The first kappa shape index (κ1) is 16.3. The number of amides is 1. The largest absolute Gasteiger partial charge is 0.348 e. The van der Waals surface area contributed by atoms with Crippen molar-refractivity contribution in [1.82, 2.24) is 5.32 Å². The Bertz CT molecular complexity index is 770.